The maximum Gasteiger partial charge on any atom is 0.287 e. The van der Waals surface area contributed by atoms with Gasteiger partial charge in [-0.2, -0.15) is 0 Å². The van der Waals surface area contributed by atoms with Crippen LogP contribution in [-0.2, 0) is 10.5 Å². The van der Waals surface area contributed by atoms with E-state index in [2.05, 4.69) is 10.5 Å². The van der Waals surface area contributed by atoms with Crippen LogP contribution >= 0.6 is 11.8 Å². The van der Waals surface area contributed by atoms with Crippen LogP contribution in [0.3, 0.4) is 0 Å². The van der Waals surface area contributed by atoms with Gasteiger partial charge in [0.1, 0.15) is 5.76 Å². The summed E-state index contributed by atoms with van der Waals surface area (Å²) in [6, 6.07) is 8.95. The summed E-state index contributed by atoms with van der Waals surface area (Å²) in [5.41, 5.74) is 2.88. The van der Waals surface area contributed by atoms with Gasteiger partial charge in [-0.3, -0.25) is 15.0 Å². The third-order valence-electron chi connectivity index (χ3n) is 2.48. The summed E-state index contributed by atoms with van der Waals surface area (Å²) in [5, 5.41) is 6.31. The molecule has 0 saturated carbocycles. The molecule has 2 aromatic rings. The molecule has 1 aromatic carbocycles. The Kier molecular flexibility index (Phi) is 4.96. The maximum atomic E-state index is 11.2. The summed E-state index contributed by atoms with van der Waals surface area (Å²) >= 11 is 1.52. The monoisotopic (exact) mass is 306 g/mol. The number of carbonyl (C=O) groups excluding carboxylic acids is 2. The number of rotatable bonds is 5. The Bertz CT molecular complexity index is 639. The van der Waals surface area contributed by atoms with Crippen molar-refractivity contribution < 1.29 is 14.1 Å². The average molecular weight is 306 g/mol. The zero-order valence-electron chi connectivity index (χ0n) is 11.3. The van der Waals surface area contributed by atoms with E-state index in [0.717, 1.165) is 10.6 Å². The van der Waals surface area contributed by atoms with Crippen molar-refractivity contribution in [2.75, 3.05) is 5.32 Å². The second-order valence-corrected chi connectivity index (χ2v) is 5.19. The number of nitrogens with one attached hydrogen (secondary N) is 2. The van der Waals surface area contributed by atoms with Crippen LogP contribution < -0.4 is 16.6 Å². The van der Waals surface area contributed by atoms with Crippen LogP contribution in [0.25, 0.3) is 0 Å². The molecule has 8 heteroatoms. The standard InChI is InChI=1S/C13H14N4O3S/c1-8(18)15-9-2-4-11(5-3-9)21-7-10-6-12(17-20-10)13(19)16-14/h2-6H,7,14H2,1H3,(H,15,18)(H,16,19). The van der Waals surface area contributed by atoms with Crippen molar-refractivity contribution in [2.45, 2.75) is 17.6 Å². The van der Waals surface area contributed by atoms with Gasteiger partial charge in [0.25, 0.3) is 5.91 Å². The number of hydrazine groups is 1. The van der Waals surface area contributed by atoms with Crippen molar-refractivity contribution >= 4 is 29.3 Å². The summed E-state index contributed by atoms with van der Waals surface area (Å²) in [6.45, 7) is 1.46. The molecule has 0 unspecified atom stereocenters. The molecule has 1 heterocycles. The lowest BCUT2D eigenvalue weighted by Gasteiger charge is -2.03. The molecule has 0 fully saturated rings. The molecule has 4 N–H and O–H groups in total. The molecule has 0 saturated heterocycles. The normalized spacial score (nSPS) is 10.2. The van der Waals surface area contributed by atoms with E-state index in [1.807, 2.05) is 29.7 Å². The summed E-state index contributed by atoms with van der Waals surface area (Å²) < 4.78 is 5.04. The molecule has 0 atom stereocenters. The molecule has 0 aliphatic rings. The third-order valence-corrected chi connectivity index (χ3v) is 3.51. The number of amides is 2. The quantitative estimate of drug-likeness (QED) is 0.334. The maximum absolute atomic E-state index is 11.2. The molecular weight excluding hydrogens is 292 g/mol. The van der Waals surface area contributed by atoms with Gasteiger partial charge >= 0.3 is 0 Å². The van der Waals surface area contributed by atoms with Crippen molar-refractivity contribution in [1.29, 1.82) is 0 Å². The fraction of sp³-hybridized carbons (Fsp3) is 0.154. The molecule has 2 rings (SSSR count). The van der Waals surface area contributed by atoms with E-state index >= 15 is 0 Å². The Morgan fingerprint density at radius 1 is 1.33 bits per heavy atom. The third kappa shape index (κ3) is 4.33. The summed E-state index contributed by atoms with van der Waals surface area (Å²) in [6.07, 6.45) is 0. The van der Waals surface area contributed by atoms with E-state index in [9.17, 15) is 9.59 Å². The number of hydrogen-bond donors (Lipinski definition) is 3. The van der Waals surface area contributed by atoms with Crippen molar-refractivity contribution in [3.05, 3.63) is 41.8 Å². The fourth-order valence-electron chi connectivity index (χ4n) is 1.55. The van der Waals surface area contributed by atoms with Crippen LogP contribution in [0.1, 0.15) is 23.2 Å². The average Bonchev–Trinajstić information content (AvgIpc) is 2.94. The number of nitrogens with two attached hydrogens (primary N) is 1. The molecule has 2 amide bonds. The Morgan fingerprint density at radius 2 is 2.05 bits per heavy atom. The van der Waals surface area contributed by atoms with Gasteiger partial charge in [0.05, 0.1) is 5.75 Å². The van der Waals surface area contributed by atoms with Crippen molar-refractivity contribution in [1.82, 2.24) is 10.6 Å². The highest BCUT2D eigenvalue weighted by molar-refractivity contribution is 7.98. The Balaban J connectivity index is 1.92. The van der Waals surface area contributed by atoms with Crippen molar-refractivity contribution in [3.8, 4) is 0 Å². The minimum absolute atomic E-state index is 0.109. The summed E-state index contributed by atoms with van der Waals surface area (Å²) in [5.74, 6) is 5.52. The Hall–Kier alpha value is -2.32. The molecular formula is C13H14N4O3S. The predicted octanol–water partition coefficient (Wildman–Crippen LogP) is 1.53. The molecule has 7 nitrogen and oxygen atoms in total. The molecule has 21 heavy (non-hydrogen) atoms. The molecule has 110 valence electrons. The number of carbonyl (C=O) groups is 2. The summed E-state index contributed by atoms with van der Waals surface area (Å²) in [4.78, 5) is 23.1. The van der Waals surface area contributed by atoms with E-state index in [0.29, 0.717) is 11.5 Å². The van der Waals surface area contributed by atoms with Crippen LogP contribution in [0, 0.1) is 0 Å². The van der Waals surface area contributed by atoms with Gasteiger partial charge in [-0.05, 0) is 24.3 Å². The number of nitrogen functional groups attached to an aromatic ring is 1. The number of hydrogen-bond acceptors (Lipinski definition) is 6. The largest absolute Gasteiger partial charge is 0.360 e. The van der Waals surface area contributed by atoms with E-state index in [4.69, 9.17) is 10.4 Å². The number of benzene rings is 1. The van der Waals surface area contributed by atoms with E-state index < -0.39 is 5.91 Å². The van der Waals surface area contributed by atoms with Gasteiger partial charge < -0.3 is 9.84 Å². The van der Waals surface area contributed by atoms with Crippen molar-refractivity contribution in [3.63, 3.8) is 0 Å². The highest BCUT2D eigenvalue weighted by atomic mass is 32.2. The molecule has 0 aliphatic carbocycles. The SMILES string of the molecule is CC(=O)Nc1ccc(SCc2cc(C(=O)NN)no2)cc1. The number of anilines is 1. The van der Waals surface area contributed by atoms with Crippen LogP contribution in [0.2, 0.25) is 0 Å². The first kappa shape index (κ1) is 15.1. The first-order chi connectivity index (χ1) is 10.1. The first-order valence-electron chi connectivity index (χ1n) is 6.05. The van der Waals surface area contributed by atoms with Gasteiger partial charge in [-0.15, -0.1) is 11.8 Å². The lowest BCUT2D eigenvalue weighted by molar-refractivity contribution is -0.114. The van der Waals surface area contributed by atoms with Crippen LogP contribution in [0.15, 0.2) is 39.8 Å². The zero-order chi connectivity index (χ0) is 15.2. The second-order valence-electron chi connectivity index (χ2n) is 4.15. The van der Waals surface area contributed by atoms with Crippen LogP contribution in [0.4, 0.5) is 5.69 Å². The summed E-state index contributed by atoms with van der Waals surface area (Å²) in [7, 11) is 0. The number of thioether (sulfide) groups is 1. The predicted molar refractivity (Wildman–Crippen MR) is 78.5 cm³/mol. The second kappa shape index (κ2) is 6.91. The smallest absolute Gasteiger partial charge is 0.287 e. The lowest BCUT2D eigenvalue weighted by Crippen LogP contribution is -2.30. The molecule has 0 spiro atoms. The van der Waals surface area contributed by atoms with E-state index in [1.165, 1.54) is 18.7 Å². The Morgan fingerprint density at radius 3 is 2.67 bits per heavy atom. The van der Waals surface area contributed by atoms with E-state index in [-0.39, 0.29) is 11.6 Å². The van der Waals surface area contributed by atoms with E-state index in [1.54, 1.807) is 6.07 Å². The fourth-order valence-corrected chi connectivity index (χ4v) is 2.33. The first-order valence-corrected chi connectivity index (χ1v) is 7.04. The van der Waals surface area contributed by atoms with Gasteiger partial charge in [0, 0.05) is 23.6 Å². The topological polar surface area (TPSA) is 110 Å². The van der Waals surface area contributed by atoms with Crippen molar-refractivity contribution in [2.24, 2.45) is 5.84 Å². The molecule has 0 bridgehead atoms. The van der Waals surface area contributed by atoms with Crippen LogP contribution in [0.5, 0.6) is 0 Å². The van der Waals surface area contributed by atoms with Gasteiger partial charge in [0.15, 0.2) is 5.69 Å². The highest BCUT2D eigenvalue weighted by Crippen LogP contribution is 2.24. The lowest BCUT2D eigenvalue weighted by atomic mass is 10.3. The molecule has 0 aliphatic heterocycles. The minimum atomic E-state index is -0.491. The number of aromatic nitrogens is 1. The van der Waals surface area contributed by atoms with Gasteiger partial charge in [-0.1, -0.05) is 5.16 Å². The van der Waals surface area contributed by atoms with Gasteiger partial charge in [0.2, 0.25) is 5.91 Å². The molecule has 0 radical (unpaired) electrons. The van der Waals surface area contributed by atoms with Crippen LogP contribution in [-0.4, -0.2) is 17.0 Å². The number of nitrogens with zero attached hydrogens (tertiary/aromatic N) is 1. The molecule has 1 aromatic heterocycles. The highest BCUT2D eigenvalue weighted by Gasteiger charge is 2.11. The van der Waals surface area contributed by atoms with Gasteiger partial charge in [-0.25, -0.2) is 5.84 Å². The Labute approximate surface area is 125 Å². The minimum Gasteiger partial charge on any atom is -0.360 e. The zero-order valence-corrected chi connectivity index (χ0v) is 12.1.